The highest BCUT2D eigenvalue weighted by molar-refractivity contribution is 6.17. The summed E-state index contributed by atoms with van der Waals surface area (Å²) in [6.07, 6.45) is 2.62. The maximum Gasteiger partial charge on any atom is 0.322 e. The fourth-order valence-electron chi connectivity index (χ4n) is 1.62. The molecular weight excluding hydrogens is 276 g/mol. The van der Waals surface area contributed by atoms with Crippen LogP contribution in [0.5, 0.6) is 17.5 Å². The Bertz CT molecular complexity index is 576. The molecule has 0 N–H and O–H groups in total. The highest BCUT2D eigenvalue weighted by atomic mass is 35.5. The minimum Gasteiger partial charge on any atom is -0.490 e. The van der Waals surface area contributed by atoms with Crippen LogP contribution in [0.1, 0.15) is 24.6 Å². The maximum absolute atomic E-state index is 5.79. The van der Waals surface area contributed by atoms with E-state index in [1.807, 2.05) is 31.2 Å². The van der Waals surface area contributed by atoms with Crippen molar-refractivity contribution in [3.05, 3.63) is 41.7 Å². The van der Waals surface area contributed by atoms with Gasteiger partial charge < -0.3 is 9.47 Å². The molecule has 0 amide bonds. The molecule has 0 radical (unpaired) electrons. The predicted molar refractivity (Wildman–Crippen MR) is 78.6 cm³/mol. The fraction of sp³-hybridized carbons (Fsp3) is 0.333. The second-order valence-electron chi connectivity index (χ2n) is 4.29. The van der Waals surface area contributed by atoms with Gasteiger partial charge in [0.2, 0.25) is 0 Å². The van der Waals surface area contributed by atoms with Gasteiger partial charge in [0.1, 0.15) is 0 Å². The summed E-state index contributed by atoms with van der Waals surface area (Å²) < 4.78 is 11.3. The lowest BCUT2D eigenvalue weighted by molar-refractivity contribution is 0.299. The molecule has 106 valence electrons. The van der Waals surface area contributed by atoms with E-state index in [2.05, 4.69) is 16.9 Å². The molecule has 2 aromatic rings. The Morgan fingerprint density at radius 3 is 2.60 bits per heavy atom. The standard InChI is InChI=1S/C15H17ClN2O2/c1-3-8-19-13-6-4-5-7-14(13)20-15-17-10-12(9-16)11(2)18-15/h4-7,10H,3,8-9H2,1-2H3. The van der Waals surface area contributed by atoms with E-state index >= 15 is 0 Å². The normalized spacial score (nSPS) is 10.3. The second-order valence-corrected chi connectivity index (χ2v) is 4.56. The Labute approximate surface area is 123 Å². The van der Waals surface area contributed by atoms with Crippen LogP contribution >= 0.6 is 11.6 Å². The number of aryl methyl sites for hydroxylation is 1. The van der Waals surface area contributed by atoms with Crippen molar-refractivity contribution < 1.29 is 9.47 Å². The van der Waals surface area contributed by atoms with E-state index in [1.54, 1.807) is 6.20 Å². The first kappa shape index (κ1) is 14.6. The molecule has 0 aliphatic rings. The lowest BCUT2D eigenvalue weighted by Gasteiger charge is -2.11. The summed E-state index contributed by atoms with van der Waals surface area (Å²) in [7, 11) is 0. The minimum atomic E-state index is 0.295. The summed E-state index contributed by atoms with van der Waals surface area (Å²) in [5.41, 5.74) is 1.71. The SMILES string of the molecule is CCCOc1ccccc1Oc1ncc(CCl)c(C)n1. The summed E-state index contributed by atoms with van der Waals surface area (Å²) in [6.45, 7) is 4.58. The number of nitrogens with zero attached hydrogens (tertiary/aromatic N) is 2. The summed E-state index contributed by atoms with van der Waals surface area (Å²) in [5, 5.41) is 0. The van der Waals surface area contributed by atoms with Gasteiger partial charge in [0.15, 0.2) is 11.5 Å². The van der Waals surface area contributed by atoms with Gasteiger partial charge in [-0.15, -0.1) is 11.6 Å². The van der Waals surface area contributed by atoms with Crippen LogP contribution in [0.3, 0.4) is 0 Å². The van der Waals surface area contributed by atoms with Gasteiger partial charge in [0, 0.05) is 17.5 Å². The lowest BCUT2D eigenvalue weighted by atomic mass is 10.3. The van der Waals surface area contributed by atoms with E-state index in [1.165, 1.54) is 0 Å². The average Bonchev–Trinajstić information content (AvgIpc) is 2.46. The molecule has 1 aromatic carbocycles. The Hall–Kier alpha value is -1.81. The molecule has 4 nitrogen and oxygen atoms in total. The van der Waals surface area contributed by atoms with Gasteiger partial charge in [-0.05, 0) is 25.5 Å². The minimum absolute atomic E-state index is 0.295. The van der Waals surface area contributed by atoms with Gasteiger partial charge in [-0.2, -0.15) is 4.98 Å². The number of hydrogen-bond acceptors (Lipinski definition) is 4. The fourth-order valence-corrected chi connectivity index (χ4v) is 1.88. The van der Waals surface area contributed by atoms with Gasteiger partial charge in [-0.1, -0.05) is 19.1 Å². The summed E-state index contributed by atoms with van der Waals surface area (Å²) in [5.74, 6) is 1.69. The first-order chi connectivity index (χ1) is 9.74. The van der Waals surface area contributed by atoms with E-state index in [-0.39, 0.29) is 0 Å². The van der Waals surface area contributed by atoms with Crippen molar-refractivity contribution in [3.63, 3.8) is 0 Å². The van der Waals surface area contributed by atoms with Crippen molar-refractivity contribution in [3.8, 4) is 17.5 Å². The van der Waals surface area contributed by atoms with Crippen LogP contribution in [-0.4, -0.2) is 16.6 Å². The zero-order valence-corrected chi connectivity index (χ0v) is 12.4. The highest BCUT2D eigenvalue weighted by Crippen LogP contribution is 2.30. The molecule has 2 rings (SSSR count). The number of hydrogen-bond donors (Lipinski definition) is 0. The van der Waals surface area contributed by atoms with Crippen molar-refractivity contribution in [2.45, 2.75) is 26.1 Å². The number of alkyl halides is 1. The number of aromatic nitrogens is 2. The van der Waals surface area contributed by atoms with Crippen LogP contribution < -0.4 is 9.47 Å². The van der Waals surface area contributed by atoms with E-state index in [4.69, 9.17) is 21.1 Å². The third-order valence-corrected chi connectivity index (χ3v) is 3.00. The van der Waals surface area contributed by atoms with Gasteiger partial charge in [0.05, 0.1) is 12.5 Å². The first-order valence-corrected chi connectivity index (χ1v) is 7.06. The Kier molecular flexibility index (Phi) is 5.18. The van der Waals surface area contributed by atoms with E-state index in [0.29, 0.717) is 30.0 Å². The van der Waals surface area contributed by atoms with Crippen molar-refractivity contribution in [1.82, 2.24) is 9.97 Å². The lowest BCUT2D eigenvalue weighted by Crippen LogP contribution is -2.00. The van der Waals surface area contributed by atoms with Crippen molar-refractivity contribution in [1.29, 1.82) is 0 Å². The summed E-state index contributed by atoms with van der Waals surface area (Å²) in [4.78, 5) is 8.44. The summed E-state index contributed by atoms with van der Waals surface area (Å²) in [6, 6.07) is 7.78. The van der Waals surface area contributed by atoms with Gasteiger partial charge in [0.25, 0.3) is 0 Å². The zero-order chi connectivity index (χ0) is 14.4. The quantitative estimate of drug-likeness (QED) is 0.752. The molecule has 0 aliphatic carbocycles. The maximum atomic E-state index is 5.79. The zero-order valence-electron chi connectivity index (χ0n) is 11.6. The Morgan fingerprint density at radius 2 is 1.95 bits per heavy atom. The topological polar surface area (TPSA) is 44.2 Å². The molecule has 1 aromatic heterocycles. The molecule has 0 bridgehead atoms. The Morgan fingerprint density at radius 1 is 1.20 bits per heavy atom. The monoisotopic (exact) mass is 292 g/mol. The van der Waals surface area contributed by atoms with Crippen LogP contribution in [0.25, 0.3) is 0 Å². The highest BCUT2D eigenvalue weighted by Gasteiger charge is 2.09. The summed E-state index contributed by atoms with van der Waals surface area (Å²) >= 11 is 5.79. The van der Waals surface area contributed by atoms with Crippen LogP contribution in [0.15, 0.2) is 30.5 Å². The number of ether oxygens (including phenoxy) is 2. The molecule has 0 saturated heterocycles. The first-order valence-electron chi connectivity index (χ1n) is 6.52. The molecule has 1 heterocycles. The van der Waals surface area contributed by atoms with Gasteiger partial charge in [-0.3, -0.25) is 0 Å². The molecular formula is C15H17ClN2O2. The molecule has 0 spiro atoms. The predicted octanol–water partition coefficient (Wildman–Crippen LogP) is 4.10. The molecule has 5 heteroatoms. The number of rotatable bonds is 6. The largest absolute Gasteiger partial charge is 0.490 e. The third kappa shape index (κ3) is 3.61. The van der Waals surface area contributed by atoms with Crippen LogP contribution in [0.4, 0.5) is 0 Å². The van der Waals surface area contributed by atoms with Crippen molar-refractivity contribution in [2.24, 2.45) is 0 Å². The number of benzene rings is 1. The second kappa shape index (κ2) is 7.10. The van der Waals surface area contributed by atoms with Crippen LogP contribution in [0.2, 0.25) is 0 Å². The molecule has 0 fully saturated rings. The van der Waals surface area contributed by atoms with Gasteiger partial charge >= 0.3 is 6.01 Å². The average molecular weight is 293 g/mol. The van der Waals surface area contributed by atoms with E-state index < -0.39 is 0 Å². The van der Waals surface area contributed by atoms with Crippen molar-refractivity contribution >= 4 is 11.6 Å². The van der Waals surface area contributed by atoms with Crippen molar-refractivity contribution in [2.75, 3.05) is 6.61 Å². The van der Waals surface area contributed by atoms with Crippen LogP contribution in [-0.2, 0) is 5.88 Å². The van der Waals surface area contributed by atoms with E-state index in [0.717, 1.165) is 17.7 Å². The molecule has 0 saturated carbocycles. The number of halogens is 1. The van der Waals surface area contributed by atoms with Gasteiger partial charge in [-0.25, -0.2) is 4.98 Å². The molecule has 20 heavy (non-hydrogen) atoms. The molecule has 0 atom stereocenters. The smallest absolute Gasteiger partial charge is 0.322 e. The Balaban J connectivity index is 2.19. The van der Waals surface area contributed by atoms with E-state index in [9.17, 15) is 0 Å². The third-order valence-electron chi connectivity index (χ3n) is 2.71. The van der Waals surface area contributed by atoms with Crippen LogP contribution in [0, 0.1) is 6.92 Å². The molecule has 0 unspecified atom stereocenters. The number of para-hydroxylation sites is 2. The molecule has 0 aliphatic heterocycles.